The summed E-state index contributed by atoms with van der Waals surface area (Å²) in [5, 5.41) is 14.8. The molecule has 0 fully saturated rings. The summed E-state index contributed by atoms with van der Waals surface area (Å²) >= 11 is 1.47. The molecule has 1 N–H and O–H groups in total. The molecule has 0 saturated heterocycles. The van der Waals surface area contributed by atoms with Crippen molar-refractivity contribution in [2.45, 2.75) is 12.7 Å². The maximum atomic E-state index is 11.9. The van der Waals surface area contributed by atoms with E-state index in [1.54, 1.807) is 26.2 Å². The van der Waals surface area contributed by atoms with Gasteiger partial charge in [-0.3, -0.25) is 14.9 Å². The highest BCUT2D eigenvalue weighted by Crippen LogP contribution is 2.16. The Morgan fingerprint density at radius 1 is 1.27 bits per heavy atom. The number of ether oxygens (including phenoxy) is 1. The number of thioether (sulfide) groups is 1. The molecular formula is C18H19N3O4S. The van der Waals surface area contributed by atoms with Gasteiger partial charge >= 0.3 is 0 Å². The van der Waals surface area contributed by atoms with Gasteiger partial charge in [-0.2, -0.15) is 5.10 Å². The number of nitrogens with one attached hydrogen (secondary N) is 1. The zero-order valence-corrected chi connectivity index (χ0v) is 15.3. The predicted octanol–water partition coefficient (Wildman–Crippen LogP) is 3.38. The first-order chi connectivity index (χ1) is 12.5. The van der Waals surface area contributed by atoms with Crippen LogP contribution in [0.15, 0.2) is 53.6 Å². The quantitative estimate of drug-likeness (QED) is 0.435. The molecule has 0 aliphatic carbocycles. The Kier molecular flexibility index (Phi) is 7.16. The van der Waals surface area contributed by atoms with Gasteiger partial charge < -0.3 is 4.74 Å². The molecule has 0 bridgehead atoms. The zero-order chi connectivity index (χ0) is 18.9. The van der Waals surface area contributed by atoms with Gasteiger partial charge in [-0.05, 0) is 24.6 Å². The first kappa shape index (κ1) is 19.5. The lowest BCUT2D eigenvalue weighted by Crippen LogP contribution is -2.21. The summed E-state index contributed by atoms with van der Waals surface area (Å²) < 4.78 is 5.10. The number of benzene rings is 2. The van der Waals surface area contributed by atoms with E-state index in [4.69, 9.17) is 4.74 Å². The number of nitro benzene ring substituents is 1. The summed E-state index contributed by atoms with van der Waals surface area (Å²) in [4.78, 5) is 22.2. The largest absolute Gasteiger partial charge is 0.497 e. The van der Waals surface area contributed by atoms with Crippen LogP contribution >= 0.6 is 11.8 Å². The third-order valence-corrected chi connectivity index (χ3v) is 4.49. The van der Waals surface area contributed by atoms with Crippen molar-refractivity contribution >= 4 is 29.1 Å². The van der Waals surface area contributed by atoms with Crippen LogP contribution in [0.2, 0.25) is 0 Å². The van der Waals surface area contributed by atoms with Crippen LogP contribution in [0.25, 0.3) is 0 Å². The lowest BCUT2D eigenvalue weighted by Gasteiger charge is -2.04. The number of non-ortho nitro benzene ring substituents is 1. The van der Waals surface area contributed by atoms with Gasteiger partial charge in [-0.25, -0.2) is 5.43 Å². The van der Waals surface area contributed by atoms with Crippen LogP contribution < -0.4 is 10.2 Å². The Morgan fingerprint density at radius 3 is 2.65 bits per heavy atom. The number of nitrogens with zero attached hydrogens (tertiary/aromatic N) is 2. The van der Waals surface area contributed by atoms with Gasteiger partial charge in [0.2, 0.25) is 5.91 Å². The molecule has 7 nitrogen and oxygen atoms in total. The summed E-state index contributed by atoms with van der Waals surface area (Å²) in [5.74, 6) is 1.53. The van der Waals surface area contributed by atoms with Crippen LogP contribution in [0, 0.1) is 10.1 Å². The number of amides is 1. The molecular weight excluding hydrogens is 354 g/mol. The monoisotopic (exact) mass is 373 g/mol. The molecule has 0 aliphatic heterocycles. The molecule has 2 aromatic rings. The second-order valence-electron chi connectivity index (χ2n) is 5.38. The SMILES string of the molecule is COc1ccc(CSCC(=O)N/N=C(/C)c2cccc([N+](=O)[O-])c2)cc1. The van der Waals surface area contributed by atoms with Crippen LogP contribution in [0.5, 0.6) is 5.75 Å². The summed E-state index contributed by atoms with van der Waals surface area (Å²) in [7, 11) is 1.62. The molecule has 0 heterocycles. The second kappa shape index (κ2) is 9.57. The Labute approximate surface area is 155 Å². The van der Waals surface area contributed by atoms with E-state index in [0.29, 0.717) is 17.0 Å². The molecule has 0 spiro atoms. The summed E-state index contributed by atoms with van der Waals surface area (Å²) in [6.07, 6.45) is 0. The third kappa shape index (κ3) is 5.89. The van der Waals surface area contributed by atoms with E-state index in [9.17, 15) is 14.9 Å². The highest BCUT2D eigenvalue weighted by Gasteiger charge is 2.08. The predicted molar refractivity (Wildman–Crippen MR) is 103 cm³/mol. The number of hydrogen-bond donors (Lipinski definition) is 1. The van der Waals surface area contributed by atoms with Crippen LogP contribution in [0.3, 0.4) is 0 Å². The topological polar surface area (TPSA) is 93.8 Å². The molecule has 0 saturated carbocycles. The van der Waals surface area contributed by atoms with E-state index in [2.05, 4.69) is 10.5 Å². The van der Waals surface area contributed by atoms with E-state index in [1.807, 2.05) is 24.3 Å². The number of hydrogen-bond acceptors (Lipinski definition) is 6. The van der Waals surface area contributed by atoms with E-state index < -0.39 is 4.92 Å². The van der Waals surface area contributed by atoms with E-state index >= 15 is 0 Å². The van der Waals surface area contributed by atoms with Crippen LogP contribution in [0.4, 0.5) is 5.69 Å². The normalized spacial score (nSPS) is 11.1. The van der Waals surface area contributed by atoms with Crippen LogP contribution in [-0.2, 0) is 10.5 Å². The van der Waals surface area contributed by atoms with Gasteiger partial charge in [-0.15, -0.1) is 11.8 Å². The van der Waals surface area contributed by atoms with Gasteiger partial charge in [0, 0.05) is 23.4 Å². The minimum atomic E-state index is -0.467. The maximum absolute atomic E-state index is 11.9. The van der Waals surface area contributed by atoms with Crippen LogP contribution in [-0.4, -0.2) is 29.4 Å². The first-order valence-corrected chi connectivity index (χ1v) is 8.93. The Balaban J connectivity index is 1.82. The van der Waals surface area contributed by atoms with Crippen LogP contribution in [0.1, 0.15) is 18.1 Å². The van der Waals surface area contributed by atoms with Crippen molar-refractivity contribution in [2.24, 2.45) is 5.10 Å². The summed E-state index contributed by atoms with van der Waals surface area (Å²) in [6, 6.07) is 13.8. The molecule has 2 aromatic carbocycles. The molecule has 0 aliphatic rings. The number of nitro groups is 1. The standard InChI is InChI=1S/C18H19N3O4S/c1-13(15-4-3-5-16(10-15)21(23)24)19-20-18(22)12-26-11-14-6-8-17(25-2)9-7-14/h3-10H,11-12H2,1-2H3,(H,20,22)/b19-13-. The fraction of sp³-hybridized carbons (Fsp3) is 0.222. The number of rotatable bonds is 8. The average Bonchev–Trinajstić information content (AvgIpc) is 2.66. The van der Waals surface area contributed by atoms with E-state index in [1.165, 1.54) is 23.9 Å². The fourth-order valence-corrected chi connectivity index (χ4v) is 2.85. The highest BCUT2D eigenvalue weighted by molar-refractivity contribution is 7.99. The molecule has 0 radical (unpaired) electrons. The van der Waals surface area contributed by atoms with Crippen molar-refractivity contribution in [3.05, 3.63) is 69.8 Å². The number of carbonyl (C=O) groups excluding carboxylic acids is 1. The molecule has 136 valence electrons. The van der Waals surface area contributed by atoms with Gasteiger partial charge in [0.05, 0.1) is 23.5 Å². The minimum absolute atomic E-state index is 0.0153. The molecule has 8 heteroatoms. The van der Waals surface area contributed by atoms with Crippen molar-refractivity contribution in [1.29, 1.82) is 0 Å². The van der Waals surface area contributed by atoms with E-state index in [-0.39, 0.29) is 17.3 Å². The van der Waals surface area contributed by atoms with Crippen molar-refractivity contribution in [1.82, 2.24) is 5.43 Å². The summed E-state index contributed by atoms with van der Waals surface area (Å²) in [6.45, 7) is 1.68. The number of carbonyl (C=O) groups is 1. The Hall–Kier alpha value is -2.87. The van der Waals surface area contributed by atoms with Gasteiger partial charge in [0.15, 0.2) is 0 Å². The number of hydrazone groups is 1. The molecule has 0 atom stereocenters. The van der Waals surface area contributed by atoms with Crippen molar-refractivity contribution in [3.63, 3.8) is 0 Å². The lowest BCUT2D eigenvalue weighted by atomic mass is 10.1. The van der Waals surface area contributed by atoms with Gasteiger partial charge in [-0.1, -0.05) is 24.3 Å². The average molecular weight is 373 g/mol. The smallest absolute Gasteiger partial charge is 0.270 e. The third-order valence-electron chi connectivity index (χ3n) is 3.48. The zero-order valence-electron chi connectivity index (χ0n) is 14.5. The molecule has 0 unspecified atom stereocenters. The van der Waals surface area contributed by atoms with Crippen molar-refractivity contribution in [3.8, 4) is 5.75 Å². The summed E-state index contributed by atoms with van der Waals surface area (Å²) in [5.41, 5.74) is 4.64. The second-order valence-corrected chi connectivity index (χ2v) is 6.37. The molecule has 0 aromatic heterocycles. The highest BCUT2D eigenvalue weighted by atomic mass is 32.2. The lowest BCUT2D eigenvalue weighted by molar-refractivity contribution is -0.384. The maximum Gasteiger partial charge on any atom is 0.270 e. The van der Waals surface area contributed by atoms with Gasteiger partial charge in [0.1, 0.15) is 5.75 Å². The molecule has 26 heavy (non-hydrogen) atoms. The minimum Gasteiger partial charge on any atom is -0.497 e. The first-order valence-electron chi connectivity index (χ1n) is 7.78. The van der Waals surface area contributed by atoms with Gasteiger partial charge in [0.25, 0.3) is 5.69 Å². The van der Waals surface area contributed by atoms with Crippen molar-refractivity contribution < 1.29 is 14.5 Å². The molecule has 1 amide bonds. The van der Waals surface area contributed by atoms with Crippen molar-refractivity contribution in [2.75, 3.05) is 12.9 Å². The Morgan fingerprint density at radius 2 is 2.00 bits per heavy atom. The van der Waals surface area contributed by atoms with E-state index in [0.717, 1.165) is 11.3 Å². The molecule has 2 rings (SSSR count). The Bertz CT molecular complexity index is 806. The number of methoxy groups -OCH3 is 1. The fourth-order valence-electron chi connectivity index (χ4n) is 2.07.